The van der Waals surface area contributed by atoms with E-state index in [0.29, 0.717) is 11.6 Å². The number of amides is 1. The predicted molar refractivity (Wildman–Crippen MR) is 104 cm³/mol. The van der Waals surface area contributed by atoms with E-state index < -0.39 is 0 Å². The molecule has 0 saturated carbocycles. The molecule has 136 valence electrons. The molecule has 4 heterocycles. The minimum atomic E-state index is -0.124. The maximum atomic E-state index is 13.2. The van der Waals surface area contributed by atoms with Crippen LogP contribution < -0.4 is 0 Å². The number of imidazole rings is 1. The molecule has 0 N–H and O–H groups in total. The van der Waals surface area contributed by atoms with Crippen LogP contribution in [-0.2, 0) is 5.41 Å². The number of fused-ring (bicyclic) bond motifs is 1. The lowest BCUT2D eigenvalue weighted by atomic mass is 9.96. The molecule has 5 nitrogen and oxygen atoms in total. The number of thiazole rings is 1. The Morgan fingerprint density at radius 3 is 2.65 bits per heavy atom. The van der Waals surface area contributed by atoms with E-state index in [2.05, 4.69) is 30.2 Å². The summed E-state index contributed by atoms with van der Waals surface area (Å²) in [7, 11) is 0. The fourth-order valence-corrected chi connectivity index (χ4v) is 4.45. The normalized spacial score (nSPS) is 16.3. The van der Waals surface area contributed by atoms with Crippen LogP contribution in [0.25, 0.3) is 5.52 Å². The van der Waals surface area contributed by atoms with Gasteiger partial charge in [-0.15, -0.1) is 11.3 Å². The number of hydrogen-bond acceptors (Lipinski definition) is 4. The third-order valence-electron chi connectivity index (χ3n) is 5.00. The first-order chi connectivity index (χ1) is 12.4. The first-order valence-electron chi connectivity index (χ1n) is 9.11. The fraction of sp³-hybridized carbons (Fsp3) is 0.450. The van der Waals surface area contributed by atoms with Crippen molar-refractivity contribution in [2.24, 2.45) is 0 Å². The summed E-state index contributed by atoms with van der Waals surface area (Å²) in [6.07, 6.45) is 5.80. The largest absolute Gasteiger partial charge is 0.337 e. The molecule has 0 spiro atoms. The van der Waals surface area contributed by atoms with Crippen molar-refractivity contribution in [3.63, 3.8) is 0 Å². The standard InChI is InChI=1S/C20H24N4OS/c1-20(2,3)19-22-16(15-6-4-5-10-24(15)19)18(25)23-11-7-14(8-12-23)17-21-9-13-26-17/h4-6,9-10,13-14H,7-8,11-12H2,1-3H3. The molecule has 3 aromatic rings. The summed E-state index contributed by atoms with van der Waals surface area (Å²) < 4.78 is 2.05. The Kier molecular flexibility index (Phi) is 4.31. The van der Waals surface area contributed by atoms with E-state index in [-0.39, 0.29) is 11.3 Å². The molecular formula is C20H24N4OS. The van der Waals surface area contributed by atoms with Crippen LogP contribution >= 0.6 is 11.3 Å². The van der Waals surface area contributed by atoms with Crippen molar-refractivity contribution in [3.8, 4) is 0 Å². The Bertz CT molecular complexity index is 915. The van der Waals surface area contributed by atoms with E-state index >= 15 is 0 Å². The number of likely N-dealkylation sites (tertiary alicyclic amines) is 1. The second-order valence-electron chi connectivity index (χ2n) is 7.93. The molecule has 0 aliphatic carbocycles. The van der Waals surface area contributed by atoms with E-state index in [1.54, 1.807) is 11.3 Å². The van der Waals surface area contributed by atoms with Gasteiger partial charge in [0.15, 0.2) is 5.69 Å². The zero-order valence-corrected chi connectivity index (χ0v) is 16.3. The zero-order chi connectivity index (χ0) is 18.3. The van der Waals surface area contributed by atoms with Crippen LogP contribution in [0.1, 0.15) is 60.9 Å². The van der Waals surface area contributed by atoms with Crippen molar-refractivity contribution in [3.05, 3.63) is 52.5 Å². The zero-order valence-electron chi connectivity index (χ0n) is 15.5. The Hall–Kier alpha value is -2.21. The molecule has 3 aromatic heterocycles. The molecule has 1 aliphatic rings. The minimum Gasteiger partial charge on any atom is -0.337 e. The number of aromatic nitrogens is 3. The van der Waals surface area contributed by atoms with Crippen molar-refractivity contribution in [2.75, 3.05) is 13.1 Å². The van der Waals surface area contributed by atoms with Crippen molar-refractivity contribution < 1.29 is 4.79 Å². The van der Waals surface area contributed by atoms with Crippen LogP contribution in [0.4, 0.5) is 0 Å². The van der Waals surface area contributed by atoms with Gasteiger partial charge in [-0.3, -0.25) is 4.79 Å². The van der Waals surface area contributed by atoms with E-state index in [0.717, 1.165) is 37.3 Å². The molecule has 0 unspecified atom stereocenters. The SMILES string of the molecule is CC(C)(C)c1nc(C(=O)N2CCC(c3nccs3)CC2)c2ccccn12. The van der Waals surface area contributed by atoms with Crippen LogP contribution in [0.5, 0.6) is 0 Å². The average molecular weight is 369 g/mol. The highest BCUT2D eigenvalue weighted by atomic mass is 32.1. The molecule has 0 radical (unpaired) electrons. The molecule has 1 fully saturated rings. The van der Waals surface area contributed by atoms with Gasteiger partial charge in [-0.1, -0.05) is 26.8 Å². The van der Waals surface area contributed by atoms with Gasteiger partial charge < -0.3 is 9.30 Å². The molecule has 0 atom stereocenters. The third-order valence-corrected chi connectivity index (χ3v) is 5.94. The summed E-state index contributed by atoms with van der Waals surface area (Å²) in [6, 6.07) is 5.93. The first-order valence-corrected chi connectivity index (χ1v) is 9.99. The summed E-state index contributed by atoms with van der Waals surface area (Å²) in [4.78, 5) is 24.3. The van der Waals surface area contributed by atoms with Gasteiger partial charge in [0.25, 0.3) is 5.91 Å². The van der Waals surface area contributed by atoms with Crippen LogP contribution in [0.2, 0.25) is 0 Å². The summed E-state index contributed by atoms with van der Waals surface area (Å²) in [5, 5.41) is 3.22. The highest BCUT2D eigenvalue weighted by Gasteiger charge is 2.30. The number of pyridine rings is 1. The highest BCUT2D eigenvalue weighted by molar-refractivity contribution is 7.09. The Labute approximate surface area is 157 Å². The lowest BCUT2D eigenvalue weighted by molar-refractivity contribution is 0.0709. The lowest BCUT2D eigenvalue weighted by Crippen LogP contribution is -2.38. The van der Waals surface area contributed by atoms with Gasteiger partial charge in [-0.25, -0.2) is 9.97 Å². The summed E-state index contributed by atoms with van der Waals surface area (Å²) >= 11 is 1.71. The number of piperidine rings is 1. The predicted octanol–water partition coefficient (Wildman–Crippen LogP) is 4.11. The second kappa shape index (κ2) is 6.50. The summed E-state index contributed by atoms with van der Waals surface area (Å²) in [5.41, 5.74) is 1.34. The van der Waals surface area contributed by atoms with Gasteiger partial charge in [0.05, 0.1) is 10.5 Å². The van der Waals surface area contributed by atoms with Gasteiger partial charge in [0.1, 0.15) is 5.82 Å². The monoisotopic (exact) mass is 368 g/mol. The van der Waals surface area contributed by atoms with Crippen LogP contribution in [0, 0.1) is 0 Å². The molecule has 4 rings (SSSR count). The van der Waals surface area contributed by atoms with Crippen molar-refractivity contribution in [1.29, 1.82) is 0 Å². The van der Waals surface area contributed by atoms with E-state index in [9.17, 15) is 4.79 Å². The lowest BCUT2D eigenvalue weighted by Gasteiger charge is -2.30. The van der Waals surface area contributed by atoms with Gasteiger partial charge in [0.2, 0.25) is 0 Å². The number of hydrogen-bond donors (Lipinski definition) is 0. The second-order valence-corrected chi connectivity index (χ2v) is 8.85. The number of carbonyl (C=O) groups excluding carboxylic acids is 1. The molecule has 0 bridgehead atoms. The van der Waals surface area contributed by atoms with Crippen LogP contribution in [0.3, 0.4) is 0 Å². The Morgan fingerprint density at radius 1 is 1.23 bits per heavy atom. The third kappa shape index (κ3) is 3.03. The molecule has 1 amide bonds. The topological polar surface area (TPSA) is 50.5 Å². The highest BCUT2D eigenvalue weighted by Crippen LogP contribution is 2.31. The Morgan fingerprint density at radius 2 is 2.00 bits per heavy atom. The van der Waals surface area contributed by atoms with Crippen molar-refractivity contribution in [1.82, 2.24) is 19.3 Å². The van der Waals surface area contributed by atoms with Gasteiger partial charge in [0, 0.05) is 42.2 Å². The van der Waals surface area contributed by atoms with Crippen LogP contribution in [0.15, 0.2) is 36.0 Å². The molecule has 26 heavy (non-hydrogen) atoms. The van der Waals surface area contributed by atoms with E-state index in [1.165, 1.54) is 5.01 Å². The average Bonchev–Trinajstić information content (AvgIpc) is 3.29. The Balaban J connectivity index is 1.59. The molecule has 1 saturated heterocycles. The first kappa shape index (κ1) is 17.2. The van der Waals surface area contributed by atoms with E-state index in [4.69, 9.17) is 4.98 Å². The number of nitrogens with zero attached hydrogens (tertiary/aromatic N) is 4. The molecule has 6 heteroatoms. The van der Waals surface area contributed by atoms with Gasteiger partial charge in [-0.2, -0.15) is 0 Å². The maximum Gasteiger partial charge on any atom is 0.274 e. The number of carbonyl (C=O) groups is 1. The van der Waals surface area contributed by atoms with Gasteiger partial charge >= 0.3 is 0 Å². The van der Waals surface area contributed by atoms with Crippen molar-refractivity contribution in [2.45, 2.75) is 44.9 Å². The van der Waals surface area contributed by atoms with Gasteiger partial charge in [-0.05, 0) is 25.0 Å². The molecule has 1 aliphatic heterocycles. The van der Waals surface area contributed by atoms with Crippen molar-refractivity contribution >= 4 is 22.8 Å². The quantitative estimate of drug-likeness (QED) is 0.684. The maximum absolute atomic E-state index is 13.2. The molecule has 0 aromatic carbocycles. The molecular weight excluding hydrogens is 344 g/mol. The smallest absolute Gasteiger partial charge is 0.274 e. The fourth-order valence-electron chi connectivity index (χ4n) is 3.64. The number of rotatable bonds is 2. The minimum absolute atomic E-state index is 0.0433. The van der Waals surface area contributed by atoms with Crippen LogP contribution in [-0.4, -0.2) is 38.3 Å². The summed E-state index contributed by atoms with van der Waals surface area (Å²) in [6.45, 7) is 7.91. The van der Waals surface area contributed by atoms with E-state index in [1.807, 2.05) is 40.9 Å². The summed E-state index contributed by atoms with van der Waals surface area (Å²) in [5.74, 6) is 1.44.